The number of carbonyl (C=O) groups is 1. The molecule has 4 N–H and O–H groups in total. The number of esters is 1. The fourth-order valence-electron chi connectivity index (χ4n) is 2.04. The predicted molar refractivity (Wildman–Crippen MR) is 79.5 cm³/mol. The summed E-state index contributed by atoms with van der Waals surface area (Å²) in [6, 6.07) is 0. The van der Waals surface area contributed by atoms with Gasteiger partial charge in [-0.15, -0.1) is 0 Å². The molecular weight excluding hydrogens is 308 g/mol. The molecule has 1 rings (SSSR count). The van der Waals surface area contributed by atoms with E-state index < -0.39 is 36.6 Å². The lowest BCUT2D eigenvalue weighted by Gasteiger charge is -2.19. The number of cyclic esters (lactones) is 1. The molecule has 8 heteroatoms. The van der Waals surface area contributed by atoms with Gasteiger partial charge in [0.2, 0.25) is 5.76 Å². The monoisotopic (exact) mass is 334 g/mol. The first kappa shape index (κ1) is 19.7. The summed E-state index contributed by atoms with van der Waals surface area (Å²) in [7, 11) is 0. The predicted octanol–water partition coefficient (Wildman–Crippen LogP) is 0.00900. The zero-order valence-corrected chi connectivity index (χ0v) is 13.3. The highest BCUT2D eigenvalue weighted by atomic mass is 16.6. The van der Waals surface area contributed by atoms with E-state index >= 15 is 0 Å². The first-order chi connectivity index (χ1) is 11.0. The van der Waals surface area contributed by atoms with Crippen LogP contribution in [-0.4, -0.2) is 71.1 Å². The summed E-state index contributed by atoms with van der Waals surface area (Å²) in [6.45, 7) is 1.81. The highest BCUT2D eigenvalue weighted by Crippen LogP contribution is 2.24. The molecule has 0 aromatic rings. The fraction of sp³-hybridized carbons (Fsp3) is 0.800. The topological polar surface area (TPSA) is 126 Å². The Morgan fingerprint density at radius 1 is 1.22 bits per heavy atom. The maximum atomic E-state index is 11.3. The van der Waals surface area contributed by atoms with E-state index in [1.807, 2.05) is 0 Å². The maximum Gasteiger partial charge on any atom is 0.378 e. The van der Waals surface area contributed by atoms with Gasteiger partial charge >= 0.3 is 5.97 Å². The molecule has 0 amide bonds. The van der Waals surface area contributed by atoms with Crippen molar-refractivity contribution in [3.05, 3.63) is 11.5 Å². The van der Waals surface area contributed by atoms with E-state index in [9.17, 15) is 20.1 Å². The van der Waals surface area contributed by atoms with Gasteiger partial charge in [-0.25, -0.2) is 4.79 Å². The number of hydrogen-bond acceptors (Lipinski definition) is 8. The molecule has 3 atom stereocenters. The third-order valence-corrected chi connectivity index (χ3v) is 3.34. The molecule has 0 radical (unpaired) electrons. The van der Waals surface area contributed by atoms with Gasteiger partial charge in [-0.3, -0.25) is 0 Å². The summed E-state index contributed by atoms with van der Waals surface area (Å²) in [5.41, 5.74) is 0. The lowest BCUT2D eigenvalue weighted by Crippen LogP contribution is -2.33. The van der Waals surface area contributed by atoms with Crippen LogP contribution in [0.3, 0.4) is 0 Å². The van der Waals surface area contributed by atoms with Crippen LogP contribution in [0.4, 0.5) is 0 Å². The number of aliphatic hydroxyl groups is 4. The number of carbonyl (C=O) groups excluding carboxylic acids is 1. The van der Waals surface area contributed by atoms with E-state index in [1.165, 1.54) is 0 Å². The molecule has 1 heterocycles. The van der Waals surface area contributed by atoms with Gasteiger partial charge in [-0.2, -0.15) is 0 Å². The zero-order valence-electron chi connectivity index (χ0n) is 13.3. The van der Waals surface area contributed by atoms with Gasteiger partial charge in [0.05, 0.1) is 13.2 Å². The molecule has 0 fully saturated rings. The van der Waals surface area contributed by atoms with Crippen LogP contribution in [0.1, 0.15) is 32.6 Å². The van der Waals surface area contributed by atoms with Crippen molar-refractivity contribution < 1.29 is 39.4 Å². The van der Waals surface area contributed by atoms with Crippen LogP contribution in [-0.2, 0) is 19.0 Å². The summed E-state index contributed by atoms with van der Waals surface area (Å²) in [5.74, 6) is -2.10. The van der Waals surface area contributed by atoms with E-state index in [0.717, 1.165) is 25.7 Å². The minimum absolute atomic E-state index is 0.0577. The molecule has 134 valence electrons. The number of ether oxygens (including phenoxy) is 3. The van der Waals surface area contributed by atoms with Crippen molar-refractivity contribution in [2.24, 2.45) is 0 Å². The summed E-state index contributed by atoms with van der Waals surface area (Å²) in [4.78, 5) is 11.3. The molecule has 0 aromatic heterocycles. The molecular formula is C15H26O8. The van der Waals surface area contributed by atoms with Crippen molar-refractivity contribution in [3.8, 4) is 0 Å². The third kappa shape index (κ3) is 6.34. The molecule has 0 saturated heterocycles. The Balaban J connectivity index is 2.33. The van der Waals surface area contributed by atoms with Gasteiger partial charge < -0.3 is 34.6 Å². The molecule has 0 aliphatic carbocycles. The van der Waals surface area contributed by atoms with E-state index in [1.54, 1.807) is 0 Å². The third-order valence-electron chi connectivity index (χ3n) is 3.34. The van der Waals surface area contributed by atoms with Crippen LogP contribution in [0.25, 0.3) is 0 Å². The minimum Gasteiger partial charge on any atom is -0.499 e. The summed E-state index contributed by atoms with van der Waals surface area (Å²) in [6.07, 6.45) is 0.621. The average Bonchev–Trinajstić information content (AvgIpc) is 2.83. The van der Waals surface area contributed by atoms with E-state index in [-0.39, 0.29) is 19.0 Å². The molecule has 0 bridgehead atoms. The van der Waals surface area contributed by atoms with E-state index in [2.05, 4.69) is 6.92 Å². The molecule has 1 aliphatic rings. The van der Waals surface area contributed by atoms with Gasteiger partial charge in [-0.05, 0) is 6.42 Å². The van der Waals surface area contributed by atoms with Crippen LogP contribution in [0.5, 0.6) is 0 Å². The van der Waals surface area contributed by atoms with E-state index in [0.29, 0.717) is 6.61 Å². The largest absolute Gasteiger partial charge is 0.499 e. The van der Waals surface area contributed by atoms with Crippen LogP contribution in [0, 0.1) is 0 Å². The fourth-order valence-corrected chi connectivity index (χ4v) is 2.04. The lowest BCUT2D eigenvalue weighted by atomic mass is 10.2. The second-order valence-electron chi connectivity index (χ2n) is 5.39. The van der Waals surface area contributed by atoms with Gasteiger partial charge in [0.1, 0.15) is 18.8 Å². The summed E-state index contributed by atoms with van der Waals surface area (Å²) in [5, 5.41) is 37.7. The molecule has 1 aliphatic heterocycles. The zero-order chi connectivity index (χ0) is 17.2. The Bertz CT molecular complexity index is 395. The number of hydrogen-bond donors (Lipinski definition) is 4. The highest BCUT2D eigenvalue weighted by molar-refractivity contribution is 5.89. The lowest BCUT2D eigenvalue weighted by molar-refractivity contribution is -0.148. The molecule has 1 unspecified atom stereocenters. The first-order valence-electron chi connectivity index (χ1n) is 7.82. The van der Waals surface area contributed by atoms with Crippen LogP contribution in [0.2, 0.25) is 0 Å². The normalized spacial score (nSPS) is 20.5. The van der Waals surface area contributed by atoms with Crippen molar-refractivity contribution in [1.82, 2.24) is 0 Å². The van der Waals surface area contributed by atoms with E-state index in [4.69, 9.17) is 19.3 Å². The molecule has 0 saturated carbocycles. The molecule has 23 heavy (non-hydrogen) atoms. The van der Waals surface area contributed by atoms with Crippen LogP contribution in [0.15, 0.2) is 11.5 Å². The second kappa shape index (κ2) is 10.4. The second-order valence-corrected chi connectivity index (χ2v) is 5.39. The Kier molecular flexibility index (Phi) is 8.93. The summed E-state index contributed by atoms with van der Waals surface area (Å²) < 4.78 is 15.2. The highest BCUT2D eigenvalue weighted by Gasteiger charge is 2.40. The molecule has 0 spiro atoms. The average molecular weight is 334 g/mol. The molecule has 0 aromatic carbocycles. The van der Waals surface area contributed by atoms with Gasteiger partial charge in [0.25, 0.3) is 0 Å². The van der Waals surface area contributed by atoms with Crippen molar-refractivity contribution in [3.63, 3.8) is 0 Å². The summed E-state index contributed by atoms with van der Waals surface area (Å²) >= 11 is 0. The standard InChI is InChI=1S/C15H26O8/c1-2-3-4-5-6-21-8-10(17)9-22-14-12(19)15(20)23-13(14)11(18)7-16/h10-11,13,16-19H,2-9H2,1H3/t10?,11-,13+/m0/s1. The Labute approximate surface area is 135 Å². The quantitative estimate of drug-likeness (QED) is 0.290. The Morgan fingerprint density at radius 2 is 1.96 bits per heavy atom. The van der Waals surface area contributed by atoms with Crippen LogP contribution < -0.4 is 0 Å². The minimum atomic E-state index is -1.41. The smallest absolute Gasteiger partial charge is 0.378 e. The van der Waals surface area contributed by atoms with Crippen molar-refractivity contribution in [1.29, 1.82) is 0 Å². The molecule has 8 nitrogen and oxygen atoms in total. The Hall–Kier alpha value is -1.35. The number of rotatable bonds is 12. The van der Waals surface area contributed by atoms with Gasteiger partial charge in [0, 0.05) is 6.61 Å². The van der Waals surface area contributed by atoms with Gasteiger partial charge in [-0.1, -0.05) is 26.2 Å². The van der Waals surface area contributed by atoms with Crippen molar-refractivity contribution in [2.75, 3.05) is 26.4 Å². The number of aliphatic hydroxyl groups excluding tert-OH is 4. The first-order valence-corrected chi connectivity index (χ1v) is 7.82. The van der Waals surface area contributed by atoms with Crippen LogP contribution >= 0.6 is 0 Å². The SMILES string of the molecule is CCCCCCOCC(O)COC1=C(O)C(=O)O[C@@H]1[C@@H](O)CO. The van der Waals surface area contributed by atoms with Gasteiger partial charge in [0.15, 0.2) is 11.9 Å². The van der Waals surface area contributed by atoms with Crippen molar-refractivity contribution in [2.45, 2.75) is 50.9 Å². The number of unbranched alkanes of at least 4 members (excludes halogenated alkanes) is 3. The Morgan fingerprint density at radius 3 is 2.61 bits per heavy atom. The maximum absolute atomic E-state index is 11.3. The van der Waals surface area contributed by atoms with Crippen molar-refractivity contribution >= 4 is 5.97 Å².